The molecule has 88 valence electrons. The van der Waals surface area contributed by atoms with Crippen LogP contribution in [0.15, 0.2) is 36.5 Å². The third-order valence-electron chi connectivity index (χ3n) is 2.39. The van der Waals surface area contributed by atoms with Gasteiger partial charge in [-0.3, -0.25) is 0 Å². The lowest BCUT2D eigenvalue weighted by Gasteiger charge is -2.08. The first-order valence-electron chi connectivity index (χ1n) is 5.45. The Hall–Kier alpha value is -1.54. The molecule has 0 amide bonds. The summed E-state index contributed by atoms with van der Waals surface area (Å²) in [6.07, 6.45) is 1.73. The molecule has 0 spiro atoms. The van der Waals surface area contributed by atoms with Gasteiger partial charge in [-0.2, -0.15) is 0 Å². The molecule has 0 bridgehead atoms. The molecule has 0 unspecified atom stereocenters. The molecule has 0 saturated heterocycles. The van der Waals surface area contributed by atoms with Gasteiger partial charge in [0, 0.05) is 11.8 Å². The molecule has 0 aliphatic heterocycles. The van der Waals surface area contributed by atoms with E-state index in [4.69, 9.17) is 16.3 Å². The molecule has 0 fully saturated rings. The van der Waals surface area contributed by atoms with Gasteiger partial charge in [-0.05, 0) is 43.2 Å². The summed E-state index contributed by atoms with van der Waals surface area (Å²) in [6.45, 7) is 4.63. The lowest BCUT2D eigenvalue weighted by atomic mass is 10.1. The van der Waals surface area contributed by atoms with Crippen LogP contribution in [0, 0.1) is 13.8 Å². The lowest BCUT2D eigenvalue weighted by molar-refractivity contribution is 0.305. The van der Waals surface area contributed by atoms with Crippen LogP contribution in [0.25, 0.3) is 0 Å². The molecular formula is C14H14ClNO. The predicted molar refractivity (Wildman–Crippen MR) is 69.5 cm³/mol. The third-order valence-corrected chi connectivity index (χ3v) is 2.61. The fourth-order valence-electron chi connectivity index (χ4n) is 1.67. The highest BCUT2D eigenvalue weighted by molar-refractivity contribution is 6.29. The zero-order valence-corrected chi connectivity index (χ0v) is 10.7. The second kappa shape index (κ2) is 5.19. The van der Waals surface area contributed by atoms with Crippen LogP contribution in [-0.2, 0) is 6.61 Å². The number of hydrogen-bond acceptors (Lipinski definition) is 2. The van der Waals surface area contributed by atoms with E-state index in [9.17, 15) is 0 Å². The maximum Gasteiger partial charge on any atom is 0.129 e. The normalized spacial score (nSPS) is 10.3. The third kappa shape index (κ3) is 3.46. The number of pyridine rings is 1. The minimum atomic E-state index is 0.500. The van der Waals surface area contributed by atoms with Crippen LogP contribution in [0.3, 0.4) is 0 Å². The summed E-state index contributed by atoms with van der Waals surface area (Å²) in [5.41, 5.74) is 3.41. The van der Waals surface area contributed by atoms with Crippen molar-refractivity contribution in [3.8, 4) is 5.75 Å². The molecule has 1 aromatic heterocycles. The standard InChI is InChI=1S/C14H14ClNO/c1-10-5-11(2)7-13(6-10)17-9-12-3-4-14(15)16-8-12/h3-8H,9H2,1-2H3. The number of nitrogens with zero attached hydrogens (tertiary/aromatic N) is 1. The van der Waals surface area contributed by atoms with Gasteiger partial charge < -0.3 is 4.74 Å². The number of halogens is 1. The monoisotopic (exact) mass is 247 g/mol. The van der Waals surface area contributed by atoms with Gasteiger partial charge in [0.15, 0.2) is 0 Å². The van der Waals surface area contributed by atoms with Crippen molar-refractivity contribution in [1.82, 2.24) is 4.98 Å². The smallest absolute Gasteiger partial charge is 0.129 e. The zero-order valence-electron chi connectivity index (χ0n) is 9.90. The van der Waals surface area contributed by atoms with E-state index in [1.54, 1.807) is 12.3 Å². The van der Waals surface area contributed by atoms with Crippen molar-refractivity contribution in [1.29, 1.82) is 0 Å². The molecule has 2 aromatic rings. The average Bonchev–Trinajstić information content (AvgIpc) is 2.27. The van der Waals surface area contributed by atoms with Gasteiger partial charge in [-0.15, -0.1) is 0 Å². The van der Waals surface area contributed by atoms with Crippen LogP contribution < -0.4 is 4.74 Å². The van der Waals surface area contributed by atoms with Crippen molar-refractivity contribution in [3.05, 3.63) is 58.4 Å². The number of ether oxygens (including phenoxy) is 1. The van der Waals surface area contributed by atoms with Gasteiger partial charge in [-0.1, -0.05) is 23.7 Å². The van der Waals surface area contributed by atoms with Crippen molar-refractivity contribution in [2.45, 2.75) is 20.5 Å². The fraction of sp³-hybridized carbons (Fsp3) is 0.214. The molecule has 17 heavy (non-hydrogen) atoms. The second-order valence-corrected chi connectivity index (χ2v) is 4.49. The van der Waals surface area contributed by atoms with E-state index in [-0.39, 0.29) is 0 Å². The number of benzene rings is 1. The molecule has 2 nitrogen and oxygen atoms in total. The first-order valence-corrected chi connectivity index (χ1v) is 5.83. The van der Waals surface area contributed by atoms with Crippen LogP contribution >= 0.6 is 11.6 Å². The van der Waals surface area contributed by atoms with E-state index in [0.717, 1.165) is 11.3 Å². The molecule has 0 N–H and O–H groups in total. The Bertz CT molecular complexity index is 488. The summed E-state index contributed by atoms with van der Waals surface area (Å²) in [5, 5.41) is 0.500. The first kappa shape index (κ1) is 11.9. The SMILES string of the molecule is Cc1cc(C)cc(OCc2ccc(Cl)nc2)c1. The van der Waals surface area contributed by atoms with Gasteiger partial charge in [0.25, 0.3) is 0 Å². The Morgan fingerprint density at radius 3 is 2.41 bits per heavy atom. The Labute approximate surface area is 106 Å². The largest absolute Gasteiger partial charge is 0.489 e. The minimum Gasteiger partial charge on any atom is -0.489 e. The summed E-state index contributed by atoms with van der Waals surface area (Å²) in [4.78, 5) is 4.01. The molecule has 1 aromatic carbocycles. The van der Waals surface area contributed by atoms with Gasteiger partial charge in [-0.25, -0.2) is 4.98 Å². The van der Waals surface area contributed by atoms with Crippen LogP contribution in [0.2, 0.25) is 5.15 Å². The van der Waals surface area contributed by atoms with Crippen LogP contribution in [0.4, 0.5) is 0 Å². The summed E-state index contributed by atoms with van der Waals surface area (Å²) in [5.74, 6) is 0.887. The van der Waals surface area contributed by atoms with Crippen molar-refractivity contribution in [3.63, 3.8) is 0 Å². The Balaban J connectivity index is 2.04. The lowest BCUT2D eigenvalue weighted by Crippen LogP contribution is -1.96. The maximum absolute atomic E-state index is 5.72. The molecule has 3 heteroatoms. The highest BCUT2D eigenvalue weighted by Gasteiger charge is 1.99. The maximum atomic E-state index is 5.72. The minimum absolute atomic E-state index is 0.500. The van der Waals surface area contributed by atoms with Crippen molar-refractivity contribution in [2.75, 3.05) is 0 Å². The van der Waals surface area contributed by atoms with Crippen LogP contribution in [0.1, 0.15) is 16.7 Å². The van der Waals surface area contributed by atoms with Crippen LogP contribution in [0.5, 0.6) is 5.75 Å². The molecule has 0 aliphatic rings. The summed E-state index contributed by atoms with van der Waals surface area (Å²) in [6, 6.07) is 9.85. The fourth-order valence-corrected chi connectivity index (χ4v) is 1.79. The highest BCUT2D eigenvalue weighted by Crippen LogP contribution is 2.17. The van der Waals surface area contributed by atoms with Crippen molar-refractivity contribution in [2.24, 2.45) is 0 Å². The number of aromatic nitrogens is 1. The molecule has 2 rings (SSSR count). The Morgan fingerprint density at radius 2 is 1.82 bits per heavy atom. The van der Waals surface area contributed by atoms with Gasteiger partial charge in [0.05, 0.1) is 0 Å². The number of aryl methyl sites for hydroxylation is 2. The quantitative estimate of drug-likeness (QED) is 0.767. The van der Waals surface area contributed by atoms with E-state index in [2.05, 4.69) is 24.9 Å². The van der Waals surface area contributed by atoms with Gasteiger partial charge >= 0.3 is 0 Å². The summed E-state index contributed by atoms with van der Waals surface area (Å²) in [7, 11) is 0. The van der Waals surface area contributed by atoms with E-state index in [1.807, 2.05) is 18.2 Å². The van der Waals surface area contributed by atoms with E-state index in [0.29, 0.717) is 11.8 Å². The Kier molecular flexibility index (Phi) is 3.64. The van der Waals surface area contributed by atoms with Crippen LogP contribution in [-0.4, -0.2) is 4.98 Å². The average molecular weight is 248 g/mol. The highest BCUT2D eigenvalue weighted by atomic mass is 35.5. The van der Waals surface area contributed by atoms with E-state index >= 15 is 0 Å². The van der Waals surface area contributed by atoms with E-state index < -0.39 is 0 Å². The predicted octanol–water partition coefficient (Wildman–Crippen LogP) is 3.93. The Morgan fingerprint density at radius 1 is 1.12 bits per heavy atom. The molecule has 0 aliphatic carbocycles. The topological polar surface area (TPSA) is 22.1 Å². The van der Waals surface area contributed by atoms with Gasteiger partial charge in [0.1, 0.15) is 17.5 Å². The molecule has 0 radical (unpaired) electrons. The van der Waals surface area contributed by atoms with Crippen molar-refractivity contribution < 1.29 is 4.74 Å². The van der Waals surface area contributed by atoms with Gasteiger partial charge in [0.2, 0.25) is 0 Å². The zero-order chi connectivity index (χ0) is 12.3. The molecule has 0 atom stereocenters. The molecule has 1 heterocycles. The second-order valence-electron chi connectivity index (χ2n) is 4.10. The number of rotatable bonds is 3. The molecular weight excluding hydrogens is 234 g/mol. The van der Waals surface area contributed by atoms with Crippen molar-refractivity contribution >= 4 is 11.6 Å². The summed E-state index contributed by atoms with van der Waals surface area (Å²) >= 11 is 5.72. The number of hydrogen-bond donors (Lipinski definition) is 0. The summed E-state index contributed by atoms with van der Waals surface area (Å²) < 4.78 is 5.71. The molecule has 0 saturated carbocycles. The first-order chi connectivity index (χ1) is 8.13. The van der Waals surface area contributed by atoms with E-state index in [1.165, 1.54) is 11.1 Å².